The Morgan fingerprint density at radius 2 is 1.62 bits per heavy atom. The molecular formula is C30H37N3O4. The second-order valence-electron chi connectivity index (χ2n) is 12.3. The van der Waals surface area contributed by atoms with Gasteiger partial charge in [-0.05, 0) is 113 Å². The molecule has 1 saturated heterocycles. The molecule has 2 N–H and O–H groups in total. The number of allylic oxidation sites excluding steroid dienone is 1. The highest BCUT2D eigenvalue weighted by Gasteiger charge is 2.57. The van der Waals surface area contributed by atoms with Gasteiger partial charge in [0.25, 0.3) is 5.91 Å². The van der Waals surface area contributed by atoms with Crippen molar-refractivity contribution in [2.24, 2.45) is 28.9 Å². The van der Waals surface area contributed by atoms with Crippen LogP contribution in [0.4, 0.5) is 5.69 Å². The quantitative estimate of drug-likeness (QED) is 0.441. The van der Waals surface area contributed by atoms with E-state index in [4.69, 9.17) is 5.73 Å². The third-order valence-corrected chi connectivity index (χ3v) is 9.72. The van der Waals surface area contributed by atoms with Gasteiger partial charge < -0.3 is 10.6 Å². The van der Waals surface area contributed by atoms with Crippen LogP contribution in [0.3, 0.4) is 0 Å². The average molecular weight is 504 g/mol. The smallest absolute Gasteiger partial charge is 0.257 e. The molecule has 5 aliphatic carbocycles. The number of hydrogen-bond acceptors (Lipinski definition) is 4. The first kappa shape index (κ1) is 24.4. The first-order valence-corrected chi connectivity index (χ1v) is 14.1. The average Bonchev–Trinajstić information content (AvgIpc) is 3.17. The van der Waals surface area contributed by atoms with Gasteiger partial charge in [0.15, 0.2) is 0 Å². The molecule has 4 saturated carbocycles. The number of imide groups is 1. The molecule has 1 aromatic carbocycles. The Kier molecular flexibility index (Phi) is 6.20. The van der Waals surface area contributed by atoms with E-state index in [2.05, 4.69) is 6.08 Å². The van der Waals surface area contributed by atoms with Crippen molar-refractivity contribution in [1.29, 1.82) is 0 Å². The van der Waals surface area contributed by atoms with Gasteiger partial charge in [0.05, 0.1) is 17.5 Å². The molecule has 1 aliphatic heterocycles. The summed E-state index contributed by atoms with van der Waals surface area (Å²) >= 11 is 0. The van der Waals surface area contributed by atoms with Crippen molar-refractivity contribution in [2.45, 2.75) is 83.1 Å². The van der Waals surface area contributed by atoms with E-state index in [-0.39, 0.29) is 29.6 Å². The molecule has 1 aromatic rings. The highest BCUT2D eigenvalue weighted by atomic mass is 16.2. The van der Waals surface area contributed by atoms with Gasteiger partial charge >= 0.3 is 0 Å². The highest BCUT2D eigenvalue weighted by Crippen LogP contribution is 2.60. The molecule has 1 unspecified atom stereocenters. The number of carbonyl (C=O) groups is 4. The lowest BCUT2D eigenvalue weighted by Crippen LogP contribution is -2.57. The summed E-state index contributed by atoms with van der Waals surface area (Å²) in [4.78, 5) is 55.8. The van der Waals surface area contributed by atoms with Crippen molar-refractivity contribution in [3.8, 4) is 0 Å². The Labute approximate surface area is 218 Å². The van der Waals surface area contributed by atoms with Gasteiger partial charge in [-0.15, -0.1) is 0 Å². The van der Waals surface area contributed by atoms with Crippen molar-refractivity contribution < 1.29 is 19.2 Å². The van der Waals surface area contributed by atoms with Gasteiger partial charge in [-0.25, -0.2) is 4.90 Å². The summed E-state index contributed by atoms with van der Waals surface area (Å²) in [5.41, 5.74) is 7.09. The Bertz CT molecular complexity index is 1120. The molecule has 0 radical (unpaired) electrons. The van der Waals surface area contributed by atoms with Crippen molar-refractivity contribution in [3.05, 3.63) is 41.5 Å². The monoisotopic (exact) mass is 503 g/mol. The lowest BCUT2D eigenvalue weighted by atomic mass is 9.49. The van der Waals surface area contributed by atoms with E-state index < -0.39 is 11.9 Å². The van der Waals surface area contributed by atoms with Crippen molar-refractivity contribution in [2.75, 3.05) is 11.4 Å². The van der Waals surface area contributed by atoms with Crippen LogP contribution in [-0.2, 0) is 14.4 Å². The molecule has 7 nitrogen and oxygen atoms in total. The second kappa shape index (κ2) is 9.41. The minimum Gasteiger partial charge on any atom is -0.366 e. The molecule has 1 heterocycles. The number of rotatable bonds is 7. The van der Waals surface area contributed by atoms with Gasteiger partial charge in [0, 0.05) is 12.1 Å². The fraction of sp³-hybridized carbons (Fsp3) is 0.600. The van der Waals surface area contributed by atoms with Gasteiger partial charge in [-0.2, -0.15) is 0 Å². The molecule has 6 aliphatic rings. The highest BCUT2D eigenvalue weighted by molar-refractivity contribution is 6.23. The number of carbonyl (C=O) groups excluding carboxylic acids is 4. The van der Waals surface area contributed by atoms with Gasteiger partial charge in [0.1, 0.15) is 6.04 Å². The van der Waals surface area contributed by atoms with E-state index in [0.29, 0.717) is 35.5 Å². The number of primary amides is 1. The number of nitrogens with zero attached hydrogens (tertiary/aromatic N) is 2. The van der Waals surface area contributed by atoms with Gasteiger partial charge in [0.2, 0.25) is 17.7 Å². The van der Waals surface area contributed by atoms with Crippen LogP contribution in [0.15, 0.2) is 35.9 Å². The van der Waals surface area contributed by atoms with E-state index >= 15 is 0 Å². The molecule has 0 spiro atoms. The molecule has 7 heteroatoms. The van der Waals surface area contributed by atoms with Crippen LogP contribution in [0.25, 0.3) is 0 Å². The summed E-state index contributed by atoms with van der Waals surface area (Å²) in [6, 6.07) is 5.44. The van der Waals surface area contributed by atoms with Crippen LogP contribution in [0.2, 0.25) is 0 Å². The molecule has 0 aromatic heterocycles. The summed E-state index contributed by atoms with van der Waals surface area (Å²) in [7, 11) is 0. The Morgan fingerprint density at radius 1 is 0.973 bits per heavy atom. The largest absolute Gasteiger partial charge is 0.366 e. The molecular weight excluding hydrogens is 466 g/mol. The molecule has 5 fully saturated rings. The fourth-order valence-electron chi connectivity index (χ4n) is 8.38. The van der Waals surface area contributed by atoms with E-state index in [9.17, 15) is 19.2 Å². The maximum atomic E-state index is 14.4. The van der Waals surface area contributed by atoms with E-state index in [1.54, 1.807) is 17.0 Å². The number of benzene rings is 1. The van der Waals surface area contributed by atoms with Gasteiger partial charge in [-0.1, -0.05) is 11.6 Å². The van der Waals surface area contributed by atoms with Crippen LogP contribution in [-0.4, -0.2) is 41.1 Å². The van der Waals surface area contributed by atoms with E-state index in [0.717, 1.165) is 38.5 Å². The van der Waals surface area contributed by atoms with Crippen LogP contribution in [0.5, 0.6) is 0 Å². The lowest BCUT2D eigenvalue weighted by Gasteiger charge is -2.57. The zero-order chi connectivity index (χ0) is 25.7. The number of amides is 4. The summed E-state index contributed by atoms with van der Waals surface area (Å²) in [5.74, 6) is 0.778. The summed E-state index contributed by atoms with van der Waals surface area (Å²) in [6.45, 7) is 0.491. The molecule has 7 rings (SSSR count). The molecule has 37 heavy (non-hydrogen) atoms. The first-order chi connectivity index (χ1) is 17.8. The third-order valence-electron chi connectivity index (χ3n) is 9.72. The first-order valence-electron chi connectivity index (χ1n) is 14.1. The zero-order valence-electron chi connectivity index (χ0n) is 21.5. The van der Waals surface area contributed by atoms with Crippen LogP contribution >= 0.6 is 0 Å². The number of anilines is 1. The Hall–Kier alpha value is -2.96. The third kappa shape index (κ3) is 4.40. The van der Waals surface area contributed by atoms with E-state index in [1.165, 1.54) is 54.7 Å². The summed E-state index contributed by atoms with van der Waals surface area (Å²) in [6.07, 6.45) is 14.1. The summed E-state index contributed by atoms with van der Waals surface area (Å²) in [5, 5.41) is 0. The predicted molar refractivity (Wildman–Crippen MR) is 139 cm³/mol. The summed E-state index contributed by atoms with van der Waals surface area (Å²) < 4.78 is 0. The zero-order valence-corrected chi connectivity index (χ0v) is 21.5. The Morgan fingerprint density at radius 3 is 2.19 bits per heavy atom. The lowest BCUT2D eigenvalue weighted by molar-refractivity contribution is -0.161. The second-order valence-corrected chi connectivity index (χ2v) is 12.3. The number of hydrogen-bond donors (Lipinski definition) is 1. The van der Waals surface area contributed by atoms with E-state index in [1.807, 2.05) is 0 Å². The Balaban J connectivity index is 1.28. The molecule has 196 valence electrons. The predicted octanol–water partition coefficient (Wildman–Crippen LogP) is 4.35. The minimum atomic E-state index is -0.770. The molecule has 4 bridgehead atoms. The van der Waals surface area contributed by atoms with Crippen molar-refractivity contribution >= 4 is 29.3 Å². The van der Waals surface area contributed by atoms with Crippen LogP contribution in [0, 0.1) is 23.2 Å². The van der Waals surface area contributed by atoms with Crippen molar-refractivity contribution in [1.82, 2.24) is 4.90 Å². The molecule has 4 amide bonds. The van der Waals surface area contributed by atoms with Crippen molar-refractivity contribution in [3.63, 3.8) is 0 Å². The standard InChI is InChI=1S/C30H37N3O4/c31-27(35)23-6-8-24(9-7-23)33-26(34)15-25(28(33)36)32(11-10-19-4-2-1-3-5-19)29(37)30-16-20-12-21(17-30)14-22(13-20)18-30/h4,6-9,20-22,25H,1-3,5,10-18H2,(H2,31,35). The van der Waals surface area contributed by atoms with Crippen LogP contribution in [0.1, 0.15) is 87.4 Å². The fourth-order valence-corrected chi connectivity index (χ4v) is 8.38. The minimum absolute atomic E-state index is 0.00750. The maximum Gasteiger partial charge on any atom is 0.257 e. The number of nitrogens with two attached hydrogens (primary N) is 1. The maximum absolute atomic E-state index is 14.4. The normalized spacial score (nSPS) is 32.5. The van der Waals surface area contributed by atoms with Crippen LogP contribution < -0.4 is 10.6 Å². The molecule has 1 atom stereocenters. The van der Waals surface area contributed by atoms with Gasteiger partial charge in [-0.3, -0.25) is 19.2 Å². The SMILES string of the molecule is NC(=O)c1ccc(N2C(=O)CC(N(CCC3=CCCCC3)C(=O)C34CC5CC(CC(C5)C3)C4)C2=O)cc1. The topological polar surface area (TPSA) is 101 Å².